The largest absolute Gasteiger partial charge is 0.304 e. The van der Waals surface area contributed by atoms with Gasteiger partial charge in [0, 0.05) is 18.2 Å². The zero-order chi connectivity index (χ0) is 14.9. The van der Waals surface area contributed by atoms with Gasteiger partial charge < -0.3 is 0 Å². The summed E-state index contributed by atoms with van der Waals surface area (Å²) in [4.78, 5) is 9.30. The van der Waals surface area contributed by atoms with Crippen LogP contribution >= 0.6 is 0 Å². The maximum atomic E-state index is 13.5. The minimum absolute atomic E-state index is 0.230. The van der Waals surface area contributed by atoms with E-state index in [1.807, 2.05) is 0 Å². The number of rotatable bonds is 5. The molecule has 0 aromatic heterocycles. The van der Waals surface area contributed by atoms with E-state index in [4.69, 9.17) is 0 Å². The Morgan fingerprint density at radius 3 is 2.55 bits per heavy atom. The van der Waals surface area contributed by atoms with Crippen molar-refractivity contribution in [3.63, 3.8) is 0 Å². The SMILES string of the molecule is CC(NS(=O)(=O)c1ccc([N+](=O)[O-])c(F)c1)C1CCC1. The van der Waals surface area contributed by atoms with E-state index in [0.29, 0.717) is 12.0 Å². The van der Waals surface area contributed by atoms with Gasteiger partial charge in [-0.2, -0.15) is 4.39 Å². The summed E-state index contributed by atoms with van der Waals surface area (Å²) < 4.78 is 40.1. The lowest BCUT2D eigenvalue weighted by atomic mass is 9.81. The molecule has 2 rings (SSSR count). The lowest BCUT2D eigenvalue weighted by Gasteiger charge is -2.31. The van der Waals surface area contributed by atoms with E-state index in [1.165, 1.54) is 0 Å². The van der Waals surface area contributed by atoms with Gasteiger partial charge in [-0.05, 0) is 31.7 Å². The van der Waals surface area contributed by atoms with Crippen molar-refractivity contribution < 1.29 is 17.7 Å². The van der Waals surface area contributed by atoms with Crippen LogP contribution in [0.25, 0.3) is 0 Å². The van der Waals surface area contributed by atoms with Gasteiger partial charge in [0.05, 0.1) is 9.82 Å². The summed E-state index contributed by atoms with van der Waals surface area (Å²) in [6.07, 6.45) is 3.03. The van der Waals surface area contributed by atoms with Crippen molar-refractivity contribution in [1.29, 1.82) is 0 Å². The van der Waals surface area contributed by atoms with Crippen molar-refractivity contribution in [3.05, 3.63) is 34.1 Å². The first-order valence-corrected chi connectivity index (χ1v) is 7.76. The number of sulfonamides is 1. The van der Waals surface area contributed by atoms with Crippen molar-refractivity contribution in [3.8, 4) is 0 Å². The Bertz CT molecular complexity index is 628. The minimum atomic E-state index is -3.86. The molecule has 110 valence electrons. The van der Waals surface area contributed by atoms with Crippen LogP contribution in [-0.2, 0) is 10.0 Å². The van der Waals surface area contributed by atoms with Crippen LogP contribution in [0.4, 0.5) is 10.1 Å². The van der Waals surface area contributed by atoms with Crippen LogP contribution in [0.5, 0.6) is 0 Å². The van der Waals surface area contributed by atoms with Crippen molar-refractivity contribution in [2.45, 2.75) is 37.1 Å². The molecule has 1 saturated carbocycles. The summed E-state index contributed by atoms with van der Waals surface area (Å²) in [5.74, 6) is -0.859. The fourth-order valence-electron chi connectivity index (χ4n) is 2.15. The molecule has 8 heteroatoms. The molecule has 1 aliphatic rings. The second-order valence-electron chi connectivity index (χ2n) is 4.97. The molecule has 1 aromatic carbocycles. The second-order valence-corrected chi connectivity index (χ2v) is 6.69. The topological polar surface area (TPSA) is 89.3 Å². The molecule has 0 heterocycles. The number of nitrogens with zero attached hydrogens (tertiary/aromatic N) is 1. The first-order valence-electron chi connectivity index (χ1n) is 6.27. The molecule has 1 N–H and O–H groups in total. The highest BCUT2D eigenvalue weighted by Gasteiger charge is 2.28. The molecule has 0 radical (unpaired) electrons. The summed E-state index contributed by atoms with van der Waals surface area (Å²) in [7, 11) is -3.86. The Hall–Kier alpha value is -1.54. The van der Waals surface area contributed by atoms with E-state index in [-0.39, 0.29) is 10.9 Å². The average molecular weight is 302 g/mol. The number of benzene rings is 1. The third-order valence-electron chi connectivity index (χ3n) is 3.62. The molecule has 0 saturated heterocycles. The van der Waals surface area contributed by atoms with Crippen molar-refractivity contribution >= 4 is 15.7 Å². The maximum Gasteiger partial charge on any atom is 0.304 e. The molecular formula is C12H15FN2O4S. The smallest absolute Gasteiger partial charge is 0.258 e. The van der Waals surface area contributed by atoms with Gasteiger partial charge in [-0.3, -0.25) is 10.1 Å². The highest BCUT2D eigenvalue weighted by Crippen LogP contribution is 2.30. The number of hydrogen-bond acceptors (Lipinski definition) is 4. The first kappa shape index (κ1) is 14.9. The fourth-order valence-corrected chi connectivity index (χ4v) is 3.48. The first-order chi connectivity index (χ1) is 9.31. The maximum absolute atomic E-state index is 13.5. The Labute approximate surface area is 116 Å². The molecule has 20 heavy (non-hydrogen) atoms. The lowest BCUT2D eigenvalue weighted by Crippen LogP contribution is -2.40. The van der Waals surface area contributed by atoms with E-state index in [9.17, 15) is 22.9 Å². The Balaban J connectivity index is 2.20. The van der Waals surface area contributed by atoms with Crippen LogP contribution in [0.15, 0.2) is 23.1 Å². The minimum Gasteiger partial charge on any atom is -0.258 e. The van der Waals surface area contributed by atoms with Gasteiger partial charge in [0.15, 0.2) is 0 Å². The van der Waals surface area contributed by atoms with Crippen molar-refractivity contribution in [1.82, 2.24) is 4.72 Å². The third kappa shape index (κ3) is 2.96. The fraction of sp³-hybridized carbons (Fsp3) is 0.500. The highest BCUT2D eigenvalue weighted by atomic mass is 32.2. The summed E-state index contributed by atoms with van der Waals surface area (Å²) in [6, 6.07) is 2.34. The van der Waals surface area contributed by atoms with Gasteiger partial charge in [0.25, 0.3) is 0 Å². The predicted molar refractivity (Wildman–Crippen MR) is 70.2 cm³/mol. The number of hydrogen-bond donors (Lipinski definition) is 1. The van der Waals surface area contributed by atoms with E-state index in [0.717, 1.165) is 31.4 Å². The quantitative estimate of drug-likeness (QED) is 0.667. The lowest BCUT2D eigenvalue weighted by molar-refractivity contribution is -0.387. The van der Waals surface area contributed by atoms with Crippen molar-refractivity contribution in [2.75, 3.05) is 0 Å². The number of nitro benzene ring substituents is 1. The number of nitro groups is 1. The van der Waals surface area contributed by atoms with Crippen LogP contribution in [-0.4, -0.2) is 19.4 Å². The van der Waals surface area contributed by atoms with E-state index >= 15 is 0 Å². The molecule has 6 nitrogen and oxygen atoms in total. The predicted octanol–water partition coefficient (Wildman–Crippen LogP) is 2.20. The van der Waals surface area contributed by atoms with Crippen LogP contribution in [0, 0.1) is 21.8 Å². The van der Waals surface area contributed by atoms with Gasteiger partial charge in [-0.15, -0.1) is 0 Å². The molecule has 1 unspecified atom stereocenters. The Kier molecular flexibility index (Phi) is 4.05. The van der Waals surface area contributed by atoms with Crippen LogP contribution < -0.4 is 4.72 Å². The molecule has 0 aliphatic heterocycles. The van der Waals surface area contributed by atoms with Crippen LogP contribution in [0.1, 0.15) is 26.2 Å². The Morgan fingerprint density at radius 2 is 2.10 bits per heavy atom. The summed E-state index contributed by atoms with van der Waals surface area (Å²) in [6.45, 7) is 1.77. The zero-order valence-electron chi connectivity index (χ0n) is 10.9. The highest BCUT2D eigenvalue weighted by molar-refractivity contribution is 7.89. The molecule has 0 amide bonds. The van der Waals surface area contributed by atoms with Gasteiger partial charge in [0.2, 0.25) is 15.8 Å². The molecular weight excluding hydrogens is 287 g/mol. The second kappa shape index (κ2) is 5.45. The molecule has 1 aromatic rings. The van der Waals surface area contributed by atoms with Gasteiger partial charge in [-0.1, -0.05) is 6.42 Å². The Morgan fingerprint density at radius 1 is 1.45 bits per heavy atom. The number of nitrogens with one attached hydrogen (secondary N) is 1. The molecule has 1 atom stereocenters. The van der Waals surface area contributed by atoms with E-state index in [1.54, 1.807) is 6.92 Å². The van der Waals surface area contributed by atoms with Gasteiger partial charge in [0.1, 0.15) is 0 Å². The standard InChI is InChI=1S/C12H15FN2O4S/c1-8(9-3-2-4-9)14-20(18,19)10-5-6-12(15(16)17)11(13)7-10/h5-9,14H,2-4H2,1H3. The van der Waals surface area contributed by atoms with Crippen molar-refractivity contribution in [2.24, 2.45) is 5.92 Å². The summed E-state index contributed by atoms with van der Waals surface area (Å²) in [5, 5.41) is 10.5. The normalized spacial score (nSPS) is 17.5. The zero-order valence-corrected chi connectivity index (χ0v) is 11.7. The molecule has 0 bridgehead atoms. The number of halogens is 1. The van der Waals surface area contributed by atoms with Gasteiger partial charge in [-0.25, -0.2) is 13.1 Å². The third-order valence-corrected chi connectivity index (χ3v) is 5.18. The monoisotopic (exact) mass is 302 g/mol. The van der Waals surface area contributed by atoms with Gasteiger partial charge >= 0.3 is 5.69 Å². The van der Waals surface area contributed by atoms with E-state index < -0.39 is 26.5 Å². The molecule has 0 spiro atoms. The van der Waals surface area contributed by atoms with Crippen LogP contribution in [0.3, 0.4) is 0 Å². The van der Waals surface area contributed by atoms with E-state index in [2.05, 4.69) is 4.72 Å². The molecule has 1 fully saturated rings. The average Bonchev–Trinajstić information content (AvgIpc) is 2.24. The summed E-state index contributed by atoms with van der Waals surface area (Å²) >= 11 is 0. The summed E-state index contributed by atoms with van der Waals surface area (Å²) in [5.41, 5.74) is -0.740. The molecule has 1 aliphatic carbocycles. The van der Waals surface area contributed by atoms with Crippen LogP contribution in [0.2, 0.25) is 0 Å².